The summed E-state index contributed by atoms with van der Waals surface area (Å²) >= 11 is 0. The van der Waals surface area contributed by atoms with Gasteiger partial charge in [0, 0.05) is 63.9 Å². The van der Waals surface area contributed by atoms with Crippen molar-refractivity contribution in [2.24, 2.45) is 0 Å². The van der Waals surface area contributed by atoms with Crippen molar-refractivity contribution >= 4 is 17.6 Å². The molecule has 236 valence electrons. The van der Waals surface area contributed by atoms with E-state index in [1.165, 1.54) is 24.6 Å². The predicted octanol–water partition coefficient (Wildman–Crippen LogP) is 2.85. The Labute approximate surface area is 257 Å². The second kappa shape index (κ2) is 14.1. The third-order valence-corrected chi connectivity index (χ3v) is 8.45. The highest BCUT2D eigenvalue weighted by Crippen LogP contribution is 2.30. The van der Waals surface area contributed by atoms with Gasteiger partial charge in [0.1, 0.15) is 18.2 Å². The standard InChI is InChI=1S/C32H42N6O6/c1-20-27-9-10-37(16-23(27)5-6-28(20)43-18-29-21(2)34-19-44-29)17-26(40)15-33-32(41)24-13-30(36-31(14-24)42-4)35-25-7-11-38(12-8-25)22(3)39/h5-6,13-14,19,25-26,40H,7-12,15-18H2,1-4H3,(H,33,41)(H,35,36)/t26-/m0/s1. The van der Waals surface area contributed by atoms with Crippen LogP contribution in [0.2, 0.25) is 0 Å². The van der Waals surface area contributed by atoms with E-state index in [9.17, 15) is 14.7 Å². The zero-order valence-corrected chi connectivity index (χ0v) is 25.9. The Hall–Kier alpha value is -4.16. The number of aliphatic hydroxyl groups excluding tert-OH is 1. The molecule has 0 bridgehead atoms. The fraction of sp³-hybridized carbons (Fsp3) is 0.500. The number of amides is 2. The summed E-state index contributed by atoms with van der Waals surface area (Å²) in [6.45, 7) is 9.32. The van der Waals surface area contributed by atoms with Crippen LogP contribution in [0.25, 0.3) is 0 Å². The second-order valence-electron chi connectivity index (χ2n) is 11.5. The van der Waals surface area contributed by atoms with E-state index in [1.807, 2.05) is 17.9 Å². The van der Waals surface area contributed by atoms with Gasteiger partial charge in [0.15, 0.2) is 12.2 Å². The van der Waals surface area contributed by atoms with Gasteiger partial charge in [-0.1, -0.05) is 6.07 Å². The summed E-state index contributed by atoms with van der Waals surface area (Å²) in [6.07, 6.45) is 3.13. The van der Waals surface area contributed by atoms with Crippen molar-refractivity contribution in [2.45, 2.75) is 65.3 Å². The number of ether oxygens (including phenoxy) is 2. The predicted molar refractivity (Wildman–Crippen MR) is 164 cm³/mol. The Bertz CT molecular complexity index is 1470. The number of fused-ring (bicyclic) bond motifs is 1. The molecule has 1 saturated heterocycles. The highest BCUT2D eigenvalue weighted by molar-refractivity contribution is 5.95. The van der Waals surface area contributed by atoms with Crippen molar-refractivity contribution in [1.82, 2.24) is 25.1 Å². The number of hydrogen-bond acceptors (Lipinski definition) is 10. The Morgan fingerprint density at radius 1 is 1.18 bits per heavy atom. The number of carbonyl (C=O) groups excluding carboxylic acids is 2. The highest BCUT2D eigenvalue weighted by Gasteiger charge is 2.24. The van der Waals surface area contributed by atoms with E-state index in [-0.39, 0.29) is 24.4 Å². The molecule has 1 fully saturated rings. The lowest BCUT2D eigenvalue weighted by Crippen LogP contribution is -2.42. The van der Waals surface area contributed by atoms with Crippen LogP contribution >= 0.6 is 0 Å². The van der Waals surface area contributed by atoms with Crippen LogP contribution in [0.4, 0.5) is 5.82 Å². The first-order chi connectivity index (χ1) is 21.2. The Kier molecular flexibility index (Phi) is 10.0. The van der Waals surface area contributed by atoms with Crippen LogP contribution in [0.1, 0.15) is 58.3 Å². The zero-order chi connectivity index (χ0) is 31.2. The number of carbonyl (C=O) groups is 2. The van der Waals surface area contributed by atoms with Gasteiger partial charge in [0.05, 0.1) is 18.9 Å². The van der Waals surface area contributed by atoms with Gasteiger partial charge in [-0.05, 0) is 61.9 Å². The molecule has 3 aromatic rings. The quantitative estimate of drug-likeness (QED) is 0.298. The van der Waals surface area contributed by atoms with Crippen LogP contribution in [-0.2, 0) is 24.4 Å². The number of nitrogens with zero attached hydrogens (tertiary/aromatic N) is 4. The van der Waals surface area contributed by atoms with Gasteiger partial charge in [-0.2, -0.15) is 4.98 Å². The monoisotopic (exact) mass is 606 g/mol. The minimum absolute atomic E-state index is 0.0826. The average molecular weight is 607 g/mol. The van der Waals surface area contributed by atoms with Crippen molar-refractivity contribution in [3.05, 3.63) is 64.4 Å². The van der Waals surface area contributed by atoms with Crippen molar-refractivity contribution in [2.75, 3.05) is 45.2 Å². The number of likely N-dealkylation sites (tertiary alicyclic amines) is 1. The number of rotatable bonds is 11. The molecule has 2 aliphatic heterocycles. The molecule has 2 aliphatic rings. The van der Waals surface area contributed by atoms with Gasteiger partial charge in [-0.25, -0.2) is 4.98 Å². The lowest BCUT2D eigenvalue weighted by Gasteiger charge is -2.32. The van der Waals surface area contributed by atoms with Crippen LogP contribution in [-0.4, -0.2) is 88.7 Å². The number of aromatic nitrogens is 2. The molecule has 0 saturated carbocycles. The number of piperidine rings is 1. The fourth-order valence-electron chi connectivity index (χ4n) is 5.84. The van der Waals surface area contributed by atoms with Crippen molar-refractivity contribution in [1.29, 1.82) is 0 Å². The van der Waals surface area contributed by atoms with Crippen LogP contribution < -0.4 is 20.1 Å². The van der Waals surface area contributed by atoms with E-state index in [0.29, 0.717) is 50.0 Å². The fourth-order valence-corrected chi connectivity index (χ4v) is 5.84. The summed E-state index contributed by atoms with van der Waals surface area (Å²) in [4.78, 5) is 37.3. The number of oxazole rings is 1. The largest absolute Gasteiger partial charge is 0.485 e. The molecular weight excluding hydrogens is 564 g/mol. The molecule has 0 aliphatic carbocycles. The van der Waals surface area contributed by atoms with Crippen molar-refractivity contribution < 1.29 is 28.6 Å². The smallest absolute Gasteiger partial charge is 0.251 e. The number of methoxy groups -OCH3 is 1. The molecule has 4 heterocycles. The molecule has 3 N–H and O–H groups in total. The van der Waals surface area contributed by atoms with Gasteiger partial charge in [-0.3, -0.25) is 14.5 Å². The van der Waals surface area contributed by atoms with Gasteiger partial charge < -0.3 is 34.5 Å². The molecule has 0 unspecified atom stereocenters. The highest BCUT2D eigenvalue weighted by atomic mass is 16.5. The van der Waals surface area contributed by atoms with E-state index in [2.05, 4.69) is 38.5 Å². The molecule has 2 amide bonds. The summed E-state index contributed by atoms with van der Waals surface area (Å²) in [5.74, 6) is 2.19. The maximum Gasteiger partial charge on any atom is 0.251 e. The maximum atomic E-state index is 13.0. The number of pyridine rings is 1. The Balaban J connectivity index is 1.11. The average Bonchev–Trinajstić information content (AvgIpc) is 3.43. The minimum Gasteiger partial charge on any atom is -0.485 e. The molecule has 12 heteroatoms. The molecule has 0 radical (unpaired) electrons. The van der Waals surface area contributed by atoms with Crippen LogP contribution in [0.5, 0.6) is 11.6 Å². The van der Waals surface area contributed by atoms with Gasteiger partial charge in [0.25, 0.3) is 5.91 Å². The van der Waals surface area contributed by atoms with Gasteiger partial charge in [0.2, 0.25) is 11.8 Å². The van der Waals surface area contributed by atoms with E-state index in [1.54, 1.807) is 19.1 Å². The lowest BCUT2D eigenvalue weighted by atomic mass is 9.94. The summed E-state index contributed by atoms with van der Waals surface area (Å²) in [6, 6.07) is 7.49. The topological polar surface area (TPSA) is 142 Å². The number of nitrogens with one attached hydrogen (secondary N) is 2. The number of anilines is 1. The van der Waals surface area contributed by atoms with Crippen molar-refractivity contribution in [3.63, 3.8) is 0 Å². The first kappa shape index (κ1) is 31.3. The van der Waals surface area contributed by atoms with E-state index in [4.69, 9.17) is 13.9 Å². The zero-order valence-electron chi connectivity index (χ0n) is 25.9. The number of aryl methyl sites for hydroxylation is 1. The van der Waals surface area contributed by atoms with Crippen molar-refractivity contribution in [3.8, 4) is 11.6 Å². The van der Waals surface area contributed by atoms with Gasteiger partial charge in [-0.15, -0.1) is 0 Å². The molecule has 12 nitrogen and oxygen atoms in total. The first-order valence-electron chi connectivity index (χ1n) is 15.1. The first-order valence-corrected chi connectivity index (χ1v) is 15.1. The summed E-state index contributed by atoms with van der Waals surface area (Å²) in [7, 11) is 1.51. The van der Waals surface area contributed by atoms with E-state index >= 15 is 0 Å². The van der Waals surface area contributed by atoms with Crippen LogP contribution in [0, 0.1) is 13.8 Å². The minimum atomic E-state index is -0.734. The number of benzene rings is 1. The van der Waals surface area contributed by atoms with Gasteiger partial charge >= 0.3 is 0 Å². The summed E-state index contributed by atoms with van der Waals surface area (Å²) < 4.78 is 16.7. The molecule has 1 aromatic carbocycles. The van der Waals surface area contributed by atoms with Crippen LogP contribution in [0.3, 0.4) is 0 Å². The number of aliphatic hydroxyl groups is 1. The molecule has 5 rings (SSSR count). The summed E-state index contributed by atoms with van der Waals surface area (Å²) in [5, 5.41) is 17.0. The number of hydrogen-bond donors (Lipinski definition) is 3. The second-order valence-corrected chi connectivity index (χ2v) is 11.5. The third-order valence-electron chi connectivity index (χ3n) is 8.45. The van der Waals surface area contributed by atoms with E-state index in [0.717, 1.165) is 48.6 Å². The Morgan fingerprint density at radius 3 is 2.68 bits per heavy atom. The maximum absolute atomic E-state index is 13.0. The molecule has 0 spiro atoms. The molecule has 2 aromatic heterocycles. The SMILES string of the molecule is COc1cc(C(=O)NC[C@H](O)CN2CCc3c(ccc(OCc4ocnc4C)c3C)C2)cc(NC2CCN(C(C)=O)CC2)n1. The summed E-state index contributed by atoms with van der Waals surface area (Å²) in [5.41, 5.74) is 4.83. The molecule has 44 heavy (non-hydrogen) atoms. The molecular formula is C32H42N6O6. The van der Waals surface area contributed by atoms with Crippen LogP contribution in [0.15, 0.2) is 35.1 Å². The lowest BCUT2D eigenvalue weighted by molar-refractivity contribution is -0.129. The normalized spacial score (nSPS) is 16.2. The van der Waals surface area contributed by atoms with E-state index < -0.39 is 6.10 Å². The molecule has 1 atom stereocenters. The third kappa shape index (κ3) is 7.67. The Morgan fingerprint density at radius 2 is 1.98 bits per heavy atom. The number of β-amino-alcohol motifs (C(OH)–C–C–N with tert-alkyl or cyclic N) is 1.